The number of amides is 2. The predicted octanol–water partition coefficient (Wildman–Crippen LogP) is 6.44. The monoisotopic (exact) mass is 530 g/mol. The Labute approximate surface area is 225 Å². The van der Waals surface area contributed by atoms with Gasteiger partial charge in [0.05, 0.1) is 11.8 Å². The Kier molecular flexibility index (Phi) is 7.17. The molecule has 0 radical (unpaired) electrons. The number of nitrogens with zero attached hydrogens (tertiary/aromatic N) is 3. The molecule has 1 N–H and O–H groups in total. The van der Waals surface area contributed by atoms with Crippen LogP contribution in [0, 0.1) is 20.8 Å². The minimum absolute atomic E-state index is 0.0135. The first-order valence-electron chi connectivity index (χ1n) is 12.1. The van der Waals surface area contributed by atoms with Gasteiger partial charge in [0.15, 0.2) is 5.17 Å². The zero-order chi connectivity index (χ0) is 26.1. The number of aryl methyl sites for hydroxylation is 3. The van der Waals surface area contributed by atoms with Gasteiger partial charge in [-0.25, -0.2) is 5.01 Å². The molecule has 5 rings (SSSR count). The minimum atomic E-state index is -0.604. The summed E-state index contributed by atoms with van der Waals surface area (Å²) < 4.78 is 0. The molecule has 0 spiro atoms. The van der Waals surface area contributed by atoms with Gasteiger partial charge in [-0.15, -0.1) is 0 Å². The van der Waals surface area contributed by atoms with E-state index in [1.165, 1.54) is 22.9 Å². The van der Waals surface area contributed by atoms with Crippen molar-refractivity contribution in [3.8, 4) is 0 Å². The third-order valence-corrected chi connectivity index (χ3v) is 8.06. The smallest absolute Gasteiger partial charge is 0.262 e. The van der Waals surface area contributed by atoms with Gasteiger partial charge in [-0.05, 0) is 49.6 Å². The van der Waals surface area contributed by atoms with Gasteiger partial charge in [-0.1, -0.05) is 89.1 Å². The molecule has 2 atom stereocenters. The molecule has 8 heteroatoms. The quantitative estimate of drug-likeness (QED) is 0.411. The molecule has 0 aliphatic carbocycles. The van der Waals surface area contributed by atoms with Crippen LogP contribution in [0.3, 0.4) is 0 Å². The largest absolute Gasteiger partial charge is 0.326 e. The van der Waals surface area contributed by atoms with Crippen molar-refractivity contribution in [2.24, 2.45) is 10.1 Å². The van der Waals surface area contributed by atoms with Crippen LogP contribution in [-0.4, -0.2) is 33.0 Å². The number of halogens is 1. The standard InChI is InChI=1S/C29H27ClN4O2S/c1-17-4-9-20(10-5-17)24-15-25(21-11-6-18(2)7-12-21)34(33-24)29-32-28(36)26(37-29)16-27(35)31-22-13-8-19(3)23(30)14-22/h4-14,25-26H,15-16H2,1-3H3,(H,31,35)/t25-,26+/m1/s1. The summed E-state index contributed by atoms with van der Waals surface area (Å²) in [5, 5.41) is 10.1. The van der Waals surface area contributed by atoms with Gasteiger partial charge >= 0.3 is 0 Å². The van der Waals surface area contributed by atoms with Gasteiger partial charge in [0.25, 0.3) is 5.91 Å². The summed E-state index contributed by atoms with van der Waals surface area (Å²) in [5.41, 5.74) is 6.99. The first kappa shape index (κ1) is 25.2. The summed E-state index contributed by atoms with van der Waals surface area (Å²) in [5.74, 6) is -0.582. The molecule has 0 saturated heterocycles. The van der Waals surface area contributed by atoms with Crippen molar-refractivity contribution in [2.75, 3.05) is 5.32 Å². The molecule has 0 bridgehead atoms. The van der Waals surface area contributed by atoms with E-state index in [-0.39, 0.29) is 24.3 Å². The predicted molar refractivity (Wildman–Crippen MR) is 151 cm³/mol. The Hall–Kier alpha value is -3.42. The van der Waals surface area contributed by atoms with E-state index in [9.17, 15) is 9.59 Å². The van der Waals surface area contributed by atoms with Gasteiger partial charge in [0, 0.05) is 23.6 Å². The first-order chi connectivity index (χ1) is 17.8. The summed E-state index contributed by atoms with van der Waals surface area (Å²) in [7, 11) is 0. The van der Waals surface area contributed by atoms with Crippen LogP contribution < -0.4 is 5.32 Å². The molecule has 2 aliphatic heterocycles. The van der Waals surface area contributed by atoms with Crippen molar-refractivity contribution in [2.45, 2.75) is 44.9 Å². The molecule has 37 heavy (non-hydrogen) atoms. The van der Waals surface area contributed by atoms with Crippen molar-refractivity contribution < 1.29 is 9.59 Å². The second kappa shape index (κ2) is 10.5. The number of thioether (sulfide) groups is 1. The number of benzene rings is 3. The first-order valence-corrected chi connectivity index (χ1v) is 13.4. The Balaban J connectivity index is 1.34. The number of rotatable bonds is 5. The van der Waals surface area contributed by atoms with Gasteiger partial charge in [-0.3, -0.25) is 9.59 Å². The number of carbonyl (C=O) groups excluding carboxylic acids is 2. The van der Waals surface area contributed by atoms with Crippen LogP contribution in [0.15, 0.2) is 76.8 Å². The van der Waals surface area contributed by atoms with Gasteiger partial charge in [0.1, 0.15) is 5.25 Å². The molecule has 2 heterocycles. The van der Waals surface area contributed by atoms with Crippen LogP contribution in [0.2, 0.25) is 5.02 Å². The van der Waals surface area contributed by atoms with Crippen LogP contribution in [0.25, 0.3) is 0 Å². The lowest BCUT2D eigenvalue weighted by molar-refractivity contribution is -0.121. The molecule has 3 aromatic rings. The average Bonchev–Trinajstić information content (AvgIpc) is 3.46. The van der Waals surface area contributed by atoms with Gasteiger partial charge in [-0.2, -0.15) is 10.1 Å². The lowest BCUT2D eigenvalue weighted by Gasteiger charge is -2.23. The molecule has 2 amide bonds. The highest BCUT2D eigenvalue weighted by molar-refractivity contribution is 8.15. The maximum Gasteiger partial charge on any atom is 0.262 e. The second-order valence-electron chi connectivity index (χ2n) is 9.44. The Bertz CT molecular complexity index is 1420. The van der Waals surface area contributed by atoms with Gasteiger partial charge < -0.3 is 5.32 Å². The lowest BCUT2D eigenvalue weighted by atomic mass is 9.97. The fourth-order valence-electron chi connectivity index (χ4n) is 4.31. The van der Waals surface area contributed by atoms with E-state index in [4.69, 9.17) is 16.7 Å². The highest BCUT2D eigenvalue weighted by atomic mass is 35.5. The molecular formula is C29H27ClN4O2S. The SMILES string of the molecule is Cc1ccc(C2=NN(C3=NC(=O)[C@H](CC(=O)Nc4ccc(C)c(Cl)c4)S3)[C@@H](c3ccc(C)cc3)C2)cc1. The molecule has 0 aromatic heterocycles. The molecule has 0 saturated carbocycles. The molecule has 6 nitrogen and oxygen atoms in total. The summed E-state index contributed by atoms with van der Waals surface area (Å²) in [6.07, 6.45) is 0.707. The Morgan fingerprint density at radius 2 is 1.70 bits per heavy atom. The summed E-state index contributed by atoms with van der Waals surface area (Å²) in [6.45, 7) is 6.01. The van der Waals surface area contributed by atoms with E-state index in [2.05, 4.69) is 72.7 Å². The maximum atomic E-state index is 12.8. The number of aliphatic imine (C=N–C) groups is 1. The van der Waals surface area contributed by atoms with Crippen LogP contribution in [0.5, 0.6) is 0 Å². The van der Waals surface area contributed by atoms with Crippen molar-refractivity contribution in [1.82, 2.24) is 5.01 Å². The zero-order valence-corrected chi connectivity index (χ0v) is 22.4. The van der Waals surface area contributed by atoms with Crippen molar-refractivity contribution in [3.63, 3.8) is 0 Å². The van der Waals surface area contributed by atoms with Crippen LogP contribution in [-0.2, 0) is 9.59 Å². The number of amidine groups is 1. The minimum Gasteiger partial charge on any atom is -0.326 e. The Morgan fingerprint density at radius 3 is 2.38 bits per heavy atom. The van der Waals surface area contributed by atoms with Crippen molar-refractivity contribution >= 4 is 51.7 Å². The molecule has 3 aromatic carbocycles. The van der Waals surface area contributed by atoms with Crippen molar-refractivity contribution in [1.29, 1.82) is 0 Å². The molecule has 188 valence electrons. The normalized spacial score (nSPS) is 19.1. The third-order valence-electron chi connectivity index (χ3n) is 6.51. The Morgan fingerprint density at radius 1 is 1.03 bits per heavy atom. The third kappa shape index (κ3) is 5.63. The van der Waals surface area contributed by atoms with E-state index >= 15 is 0 Å². The number of carbonyl (C=O) groups is 2. The van der Waals surface area contributed by atoms with E-state index in [1.54, 1.807) is 12.1 Å². The number of hydrazone groups is 1. The van der Waals surface area contributed by atoms with E-state index < -0.39 is 5.25 Å². The van der Waals surface area contributed by atoms with Crippen molar-refractivity contribution in [3.05, 3.63) is 99.6 Å². The van der Waals surface area contributed by atoms with Crippen LogP contribution >= 0.6 is 23.4 Å². The molecule has 0 unspecified atom stereocenters. The molecular weight excluding hydrogens is 504 g/mol. The lowest BCUT2D eigenvalue weighted by Crippen LogP contribution is -2.25. The zero-order valence-electron chi connectivity index (χ0n) is 20.9. The summed E-state index contributed by atoms with van der Waals surface area (Å²) >= 11 is 7.47. The second-order valence-corrected chi connectivity index (χ2v) is 11.0. The van der Waals surface area contributed by atoms with Crippen LogP contribution in [0.4, 0.5) is 5.69 Å². The van der Waals surface area contributed by atoms with E-state index in [1.807, 2.05) is 18.0 Å². The maximum absolute atomic E-state index is 12.8. The fraction of sp³-hybridized carbons (Fsp3) is 0.241. The molecule has 0 fully saturated rings. The van der Waals surface area contributed by atoms with Gasteiger partial charge in [0.2, 0.25) is 5.91 Å². The molecule has 2 aliphatic rings. The van der Waals surface area contributed by atoms with E-state index in [0.717, 1.165) is 22.4 Å². The van der Waals surface area contributed by atoms with Crippen LogP contribution in [0.1, 0.15) is 46.7 Å². The number of nitrogens with one attached hydrogen (secondary N) is 1. The highest BCUT2D eigenvalue weighted by Crippen LogP contribution is 2.38. The summed E-state index contributed by atoms with van der Waals surface area (Å²) in [4.78, 5) is 29.9. The highest BCUT2D eigenvalue weighted by Gasteiger charge is 2.39. The van der Waals surface area contributed by atoms with E-state index in [0.29, 0.717) is 22.3 Å². The fourth-order valence-corrected chi connectivity index (χ4v) is 5.55. The number of hydrogen-bond acceptors (Lipinski definition) is 5. The number of hydrogen-bond donors (Lipinski definition) is 1. The summed E-state index contributed by atoms with van der Waals surface area (Å²) in [6, 6.07) is 21.9. The average molecular weight is 531 g/mol. The number of anilines is 1. The topological polar surface area (TPSA) is 74.1 Å².